The van der Waals surface area contributed by atoms with Crippen molar-refractivity contribution < 1.29 is 37.3 Å². The number of hydrogen-bond acceptors (Lipinski definition) is 7. The lowest BCUT2D eigenvalue weighted by Crippen LogP contribution is -2.37. The summed E-state index contributed by atoms with van der Waals surface area (Å²) in [6.07, 6.45) is 48.4. The van der Waals surface area contributed by atoms with Gasteiger partial charge in [0.15, 0.2) is 0 Å². The summed E-state index contributed by atoms with van der Waals surface area (Å²) in [7, 11) is 1.34. The van der Waals surface area contributed by atoms with Gasteiger partial charge in [0, 0.05) is 13.0 Å². The van der Waals surface area contributed by atoms with E-state index in [-0.39, 0.29) is 25.8 Å². The minimum atomic E-state index is -4.53. The highest BCUT2D eigenvalue weighted by atomic mass is 31.2. The standard InChI is InChI=1S/C47H88NO7P/c1-6-8-10-12-14-16-18-20-22-24-25-26-28-30-32-34-36-38-40-47(49)55-46(45-54-56(50,51)53-43-41-48(3,4)5)44-52-42-39-37-35-33-31-29-27-23-21-19-17-15-13-11-9-7-2/h9,11,15,17,21-24,46H,6-8,10,12-14,16,18-20,25-45H2,1-5H3/b11-9-,17-15-,23-21-,24-22-. The summed E-state index contributed by atoms with van der Waals surface area (Å²) < 4.78 is 34.6. The van der Waals surface area contributed by atoms with Gasteiger partial charge >= 0.3 is 5.97 Å². The van der Waals surface area contributed by atoms with Crippen molar-refractivity contribution in [1.82, 2.24) is 0 Å². The molecule has 0 radical (unpaired) electrons. The van der Waals surface area contributed by atoms with Gasteiger partial charge in [0.05, 0.1) is 34.4 Å². The van der Waals surface area contributed by atoms with E-state index in [4.69, 9.17) is 18.5 Å². The normalized spacial score (nSPS) is 14.2. The molecule has 0 saturated heterocycles. The summed E-state index contributed by atoms with van der Waals surface area (Å²) in [5.74, 6) is -0.344. The fourth-order valence-corrected chi connectivity index (χ4v) is 6.81. The zero-order valence-corrected chi connectivity index (χ0v) is 38.0. The molecule has 0 fully saturated rings. The summed E-state index contributed by atoms with van der Waals surface area (Å²) in [6, 6.07) is 0. The van der Waals surface area contributed by atoms with Crippen LogP contribution in [-0.2, 0) is 27.9 Å². The number of esters is 1. The van der Waals surface area contributed by atoms with E-state index in [1.54, 1.807) is 0 Å². The van der Waals surface area contributed by atoms with Gasteiger partial charge in [-0.1, -0.05) is 159 Å². The van der Waals surface area contributed by atoms with Gasteiger partial charge in [0.2, 0.25) is 0 Å². The molecule has 0 heterocycles. The van der Waals surface area contributed by atoms with Gasteiger partial charge in [-0.25, -0.2) is 0 Å². The maximum atomic E-state index is 12.7. The monoisotopic (exact) mass is 810 g/mol. The topological polar surface area (TPSA) is 94.1 Å². The van der Waals surface area contributed by atoms with E-state index in [2.05, 4.69) is 62.5 Å². The van der Waals surface area contributed by atoms with Crippen molar-refractivity contribution in [1.29, 1.82) is 0 Å². The maximum Gasteiger partial charge on any atom is 0.306 e. The van der Waals surface area contributed by atoms with Crippen molar-refractivity contribution in [2.75, 3.05) is 54.1 Å². The van der Waals surface area contributed by atoms with Crippen LogP contribution in [0.2, 0.25) is 0 Å². The molecule has 0 spiro atoms. The molecule has 0 saturated carbocycles. The molecule has 0 aliphatic heterocycles. The number of rotatable bonds is 42. The van der Waals surface area contributed by atoms with E-state index in [0.29, 0.717) is 24.1 Å². The van der Waals surface area contributed by atoms with Crippen LogP contribution in [0.5, 0.6) is 0 Å². The van der Waals surface area contributed by atoms with Crippen LogP contribution in [0.25, 0.3) is 0 Å². The number of phosphoric ester groups is 1. The molecule has 0 bridgehead atoms. The molecule has 9 heteroatoms. The first-order chi connectivity index (χ1) is 27.1. The largest absolute Gasteiger partial charge is 0.756 e. The summed E-state index contributed by atoms with van der Waals surface area (Å²) in [5.41, 5.74) is 0. The van der Waals surface area contributed by atoms with E-state index in [0.717, 1.165) is 64.2 Å². The number of phosphoric acid groups is 1. The molecule has 0 aliphatic rings. The number of hydrogen-bond donors (Lipinski definition) is 0. The average molecular weight is 810 g/mol. The predicted molar refractivity (Wildman–Crippen MR) is 236 cm³/mol. The number of carbonyl (C=O) groups is 1. The van der Waals surface area contributed by atoms with Crippen LogP contribution in [0.15, 0.2) is 48.6 Å². The second-order valence-corrected chi connectivity index (χ2v) is 17.8. The number of carbonyl (C=O) groups excluding carboxylic acids is 1. The van der Waals surface area contributed by atoms with Crippen molar-refractivity contribution in [2.24, 2.45) is 0 Å². The number of allylic oxidation sites excluding steroid dienone is 8. The zero-order valence-electron chi connectivity index (χ0n) is 37.1. The third-order valence-corrected chi connectivity index (χ3v) is 10.6. The molecule has 0 amide bonds. The summed E-state index contributed by atoms with van der Waals surface area (Å²) in [4.78, 5) is 25.1. The number of likely N-dealkylation sites (N-methyl/N-ethyl adjacent to an activating group) is 1. The molecule has 0 aliphatic carbocycles. The van der Waals surface area contributed by atoms with Crippen molar-refractivity contribution in [3.63, 3.8) is 0 Å². The molecular weight excluding hydrogens is 721 g/mol. The Morgan fingerprint density at radius 3 is 1.57 bits per heavy atom. The molecule has 0 aromatic carbocycles. The highest BCUT2D eigenvalue weighted by molar-refractivity contribution is 7.45. The molecular formula is C47H88NO7P. The lowest BCUT2D eigenvalue weighted by atomic mass is 10.1. The quantitative estimate of drug-likeness (QED) is 0.0199. The predicted octanol–water partition coefficient (Wildman–Crippen LogP) is 12.9. The lowest BCUT2D eigenvalue weighted by molar-refractivity contribution is -0.870. The number of unbranched alkanes of at least 4 members (excludes halogenated alkanes) is 20. The molecule has 0 aromatic heterocycles. The van der Waals surface area contributed by atoms with Gasteiger partial charge in [0.1, 0.15) is 19.3 Å². The number of quaternary nitrogens is 1. The Bertz CT molecular complexity index is 1040. The van der Waals surface area contributed by atoms with Gasteiger partial charge in [0.25, 0.3) is 7.82 Å². The first-order valence-electron chi connectivity index (χ1n) is 22.9. The molecule has 0 aromatic rings. The lowest BCUT2D eigenvalue weighted by Gasteiger charge is -2.28. The molecule has 56 heavy (non-hydrogen) atoms. The third kappa shape index (κ3) is 43.6. The Kier molecular flexibility index (Phi) is 39.1. The van der Waals surface area contributed by atoms with Crippen molar-refractivity contribution in [3.8, 4) is 0 Å². The smallest absolute Gasteiger partial charge is 0.306 e. The Morgan fingerprint density at radius 1 is 0.571 bits per heavy atom. The third-order valence-electron chi connectivity index (χ3n) is 9.61. The Labute approximate surface area is 346 Å². The minimum Gasteiger partial charge on any atom is -0.756 e. The van der Waals surface area contributed by atoms with Gasteiger partial charge in [-0.3, -0.25) is 9.36 Å². The van der Waals surface area contributed by atoms with E-state index in [1.807, 2.05) is 21.1 Å². The zero-order chi connectivity index (χ0) is 41.3. The van der Waals surface area contributed by atoms with Gasteiger partial charge < -0.3 is 27.9 Å². The number of nitrogens with zero attached hydrogens (tertiary/aromatic N) is 1. The van der Waals surface area contributed by atoms with Crippen molar-refractivity contribution in [3.05, 3.63) is 48.6 Å². The fourth-order valence-electron chi connectivity index (χ4n) is 6.08. The van der Waals surface area contributed by atoms with Crippen LogP contribution in [0, 0.1) is 0 Å². The van der Waals surface area contributed by atoms with E-state index in [9.17, 15) is 14.3 Å². The van der Waals surface area contributed by atoms with Crippen LogP contribution < -0.4 is 4.89 Å². The summed E-state index contributed by atoms with van der Waals surface area (Å²) >= 11 is 0. The Balaban J connectivity index is 4.24. The SMILES string of the molecule is CC/C=C\C/C=C\C/C=C\CCCCCCCCOCC(COP(=O)([O-])OCC[N+](C)(C)C)OC(=O)CCCCCCCCC/C=C\CCCCCCCCC. The van der Waals surface area contributed by atoms with Crippen LogP contribution in [0.1, 0.15) is 187 Å². The fraction of sp³-hybridized carbons (Fsp3) is 0.809. The molecule has 328 valence electrons. The number of ether oxygens (including phenoxy) is 2. The maximum absolute atomic E-state index is 12.7. The van der Waals surface area contributed by atoms with E-state index >= 15 is 0 Å². The van der Waals surface area contributed by atoms with Crippen LogP contribution in [0.4, 0.5) is 0 Å². The van der Waals surface area contributed by atoms with Crippen molar-refractivity contribution >= 4 is 13.8 Å². The molecule has 8 nitrogen and oxygen atoms in total. The van der Waals surface area contributed by atoms with E-state index in [1.165, 1.54) is 103 Å². The Hall–Kier alpha value is -1.54. The van der Waals surface area contributed by atoms with Crippen LogP contribution in [0.3, 0.4) is 0 Å². The van der Waals surface area contributed by atoms with Gasteiger partial charge in [-0.2, -0.15) is 0 Å². The van der Waals surface area contributed by atoms with Gasteiger partial charge in [-0.15, -0.1) is 0 Å². The first-order valence-corrected chi connectivity index (χ1v) is 24.3. The highest BCUT2D eigenvalue weighted by Crippen LogP contribution is 2.38. The van der Waals surface area contributed by atoms with Gasteiger partial charge in [-0.05, 0) is 70.6 Å². The molecule has 0 N–H and O–H groups in total. The molecule has 0 rings (SSSR count). The summed E-state index contributed by atoms with van der Waals surface area (Å²) in [5, 5.41) is 0. The molecule has 2 atom stereocenters. The highest BCUT2D eigenvalue weighted by Gasteiger charge is 2.20. The average Bonchev–Trinajstić information content (AvgIpc) is 3.15. The second kappa shape index (κ2) is 40.2. The summed E-state index contributed by atoms with van der Waals surface area (Å²) in [6.45, 7) is 5.27. The minimum absolute atomic E-state index is 0.0212. The van der Waals surface area contributed by atoms with E-state index < -0.39 is 13.9 Å². The van der Waals surface area contributed by atoms with Crippen LogP contribution in [-0.4, -0.2) is 70.7 Å². The first kappa shape index (κ1) is 54.5. The Morgan fingerprint density at radius 2 is 1.04 bits per heavy atom. The molecule has 2 unspecified atom stereocenters. The van der Waals surface area contributed by atoms with Crippen LogP contribution >= 0.6 is 7.82 Å². The van der Waals surface area contributed by atoms with Crippen molar-refractivity contribution in [2.45, 2.75) is 193 Å². The second-order valence-electron chi connectivity index (χ2n) is 16.4.